The number of amides is 1. The average molecular weight is 434 g/mol. The van der Waals surface area contributed by atoms with Crippen molar-refractivity contribution in [1.82, 2.24) is 4.98 Å². The lowest BCUT2D eigenvalue weighted by molar-refractivity contribution is -0.118. The molecule has 2 heterocycles. The van der Waals surface area contributed by atoms with Crippen molar-refractivity contribution in [1.29, 1.82) is 5.26 Å². The topological polar surface area (TPSA) is 57.0 Å². The van der Waals surface area contributed by atoms with Crippen LogP contribution in [0.1, 0.15) is 24.0 Å². The van der Waals surface area contributed by atoms with Crippen LogP contribution in [0.25, 0.3) is 11.3 Å². The number of rotatable bonds is 5. The molecule has 1 aliphatic rings. The number of anilines is 1. The Bertz CT molecular complexity index is 1110. The van der Waals surface area contributed by atoms with Gasteiger partial charge in [-0.15, -0.1) is 11.8 Å². The molecule has 1 amide bonds. The Morgan fingerprint density at radius 2 is 1.93 bits per heavy atom. The molecule has 0 bridgehead atoms. The summed E-state index contributed by atoms with van der Waals surface area (Å²) in [4.78, 5) is 19.4. The molecule has 0 atom stereocenters. The Kier molecular flexibility index (Phi) is 6.37. The van der Waals surface area contributed by atoms with Gasteiger partial charge >= 0.3 is 0 Å². The van der Waals surface area contributed by atoms with Crippen LogP contribution in [-0.2, 0) is 11.2 Å². The number of nitriles is 1. The van der Waals surface area contributed by atoms with E-state index >= 15 is 0 Å². The highest BCUT2D eigenvalue weighted by molar-refractivity contribution is 7.99. The molecule has 0 aliphatic carbocycles. The quantitative estimate of drug-likeness (QED) is 0.482. The summed E-state index contributed by atoms with van der Waals surface area (Å²) in [6, 6.07) is 21.4. The lowest BCUT2D eigenvalue weighted by Crippen LogP contribution is -2.35. The van der Waals surface area contributed by atoms with Crippen LogP contribution >= 0.6 is 23.4 Å². The first kappa shape index (κ1) is 20.5. The Balaban J connectivity index is 1.45. The van der Waals surface area contributed by atoms with Gasteiger partial charge in [-0.05, 0) is 48.7 Å². The summed E-state index contributed by atoms with van der Waals surface area (Å²) in [6.45, 7) is 0.758. The molecule has 3 aromatic rings. The predicted molar refractivity (Wildman–Crippen MR) is 122 cm³/mol. The van der Waals surface area contributed by atoms with Gasteiger partial charge in [0.2, 0.25) is 5.91 Å². The molecule has 4 rings (SSSR count). The molecule has 4 nitrogen and oxygen atoms in total. The SMILES string of the molecule is N#Cc1ccc(-c2ccc(Cl)cc2)nc1SCCC(=O)N1CCCc2ccccc21. The zero-order chi connectivity index (χ0) is 20.9. The number of aromatic nitrogens is 1. The van der Waals surface area contributed by atoms with E-state index in [0.717, 1.165) is 36.3 Å². The summed E-state index contributed by atoms with van der Waals surface area (Å²) in [5.41, 5.74) is 4.50. The van der Waals surface area contributed by atoms with Crippen molar-refractivity contribution in [3.05, 3.63) is 76.8 Å². The van der Waals surface area contributed by atoms with E-state index in [-0.39, 0.29) is 5.91 Å². The van der Waals surface area contributed by atoms with Gasteiger partial charge in [0.05, 0.1) is 11.3 Å². The van der Waals surface area contributed by atoms with Crippen LogP contribution in [0, 0.1) is 11.3 Å². The molecule has 0 radical (unpaired) electrons. The summed E-state index contributed by atoms with van der Waals surface area (Å²) in [7, 11) is 0. The maximum absolute atomic E-state index is 12.8. The zero-order valence-electron chi connectivity index (χ0n) is 16.3. The number of pyridine rings is 1. The van der Waals surface area contributed by atoms with E-state index in [1.54, 1.807) is 6.07 Å². The fourth-order valence-corrected chi connectivity index (χ4v) is 4.61. The second-order valence-corrected chi connectivity index (χ2v) is 8.56. The number of hydrogen-bond acceptors (Lipinski definition) is 4. The molecule has 1 aliphatic heterocycles. The first-order valence-electron chi connectivity index (χ1n) is 9.84. The zero-order valence-corrected chi connectivity index (χ0v) is 17.9. The van der Waals surface area contributed by atoms with Crippen molar-refractivity contribution in [3.8, 4) is 17.3 Å². The molecule has 0 saturated carbocycles. The number of benzene rings is 2. The standard InChI is InChI=1S/C24H20ClN3OS/c25-20-10-7-17(8-11-20)21-12-9-19(16-26)24(27-21)30-15-13-23(29)28-14-3-5-18-4-1-2-6-22(18)28/h1-2,4,6-12H,3,5,13-15H2. The van der Waals surface area contributed by atoms with Crippen LogP contribution in [-0.4, -0.2) is 23.2 Å². The Morgan fingerprint density at radius 1 is 1.13 bits per heavy atom. The maximum Gasteiger partial charge on any atom is 0.227 e. The largest absolute Gasteiger partial charge is 0.312 e. The van der Waals surface area contributed by atoms with E-state index in [1.165, 1.54) is 17.3 Å². The fraction of sp³-hybridized carbons (Fsp3) is 0.208. The lowest BCUT2D eigenvalue weighted by Gasteiger charge is -2.29. The molecule has 0 N–H and O–H groups in total. The smallest absolute Gasteiger partial charge is 0.227 e. The molecule has 30 heavy (non-hydrogen) atoms. The van der Waals surface area contributed by atoms with Crippen LogP contribution in [0.5, 0.6) is 0 Å². The molecular weight excluding hydrogens is 414 g/mol. The van der Waals surface area contributed by atoms with Gasteiger partial charge in [0.25, 0.3) is 0 Å². The van der Waals surface area contributed by atoms with E-state index < -0.39 is 0 Å². The highest BCUT2D eigenvalue weighted by atomic mass is 35.5. The third-order valence-corrected chi connectivity index (χ3v) is 6.33. The van der Waals surface area contributed by atoms with Crippen LogP contribution in [0.4, 0.5) is 5.69 Å². The Morgan fingerprint density at radius 3 is 2.73 bits per heavy atom. The van der Waals surface area contributed by atoms with Crippen molar-refractivity contribution in [3.63, 3.8) is 0 Å². The van der Waals surface area contributed by atoms with Crippen molar-refractivity contribution < 1.29 is 4.79 Å². The van der Waals surface area contributed by atoms with Crippen LogP contribution in [0.3, 0.4) is 0 Å². The number of halogens is 1. The van der Waals surface area contributed by atoms with Gasteiger partial charge < -0.3 is 4.90 Å². The summed E-state index contributed by atoms with van der Waals surface area (Å²) >= 11 is 7.42. The minimum Gasteiger partial charge on any atom is -0.312 e. The number of fused-ring (bicyclic) bond motifs is 1. The van der Waals surface area contributed by atoms with Crippen molar-refractivity contribution in [2.75, 3.05) is 17.2 Å². The van der Waals surface area contributed by atoms with Crippen molar-refractivity contribution in [2.24, 2.45) is 0 Å². The second-order valence-electron chi connectivity index (χ2n) is 7.04. The number of hydrogen-bond donors (Lipinski definition) is 0. The molecule has 0 saturated heterocycles. The Labute approximate surface area is 185 Å². The fourth-order valence-electron chi connectivity index (χ4n) is 3.58. The molecule has 0 spiro atoms. The molecule has 0 fully saturated rings. The number of carbonyl (C=O) groups is 1. The first-order chi connectivity index (χ1) is 14.7. The van der Waals surface area contributed by atoms with Crippen LogP contribution in [0.15, 0.2) is 65.7 Å². The average Bonchev–Trinajstić information content (AvgIpc) is 2.79. The number of thioether (sulfide) groups is 1. The van der Waals surface area contributed by atoms with E-state index in [0.29, 0.717) is 27.8 Å². The van der Waals surface area contributed by atoms with Crippen molar-refractivity contribution >= 4 is 35.0 Å². The van der Waals surface area contributed by atoms with Gasteiger partial charge in [-0.25, -0.2) is 4.98 Å². The van der Waals surface area contributed by atoms with Gasteiger partial charge in [0.1, 0.15) is 11.1 Å². The van der Waals surface area contributed by atoms with Crippen LogP contribution < -0.4 is 4.90 Å². The van der Waals surface area contributed by atoms with E-state index in [2.05, 4.69) is 17.1 Å². The number of carbonyl (C=O) groups excluding carboxylic acids is 1. The number of para-hydroxylation sites is 1. The molecule has 150 valence electrons. The van der Waals surface area contributed by atoms with E-state index in [9.17, 15) is 10.1 Å². The molecule has 1 aromatic heterocycles. The molecule has 0 unspecified atom stereocenters. The molecule has 2 aromatic carbocycles. The lowest BCUT2D eigenvalue weighted by atomic mass is 10.0. The van der Waals surface area contributed by atoms with Gasteiger partial charge in [0.15, 0.2) is 0 Å². The third kappa shape index (κ3) is 4.51. The summed E-state index contributed by atoms with van der Waals surface area (Å²) < 4.78 is 0. The third-order valence-electron chi connectivity index (χ3n) is 5.09. The Hall–Kier alpha value is -2.81. The normalized spacial score (nSPS) is 12.9. The minimum atomic E-state index is 0.113. The monoisotopic (exact) mass is 433 g/mol. The van der Waals surface area contributed by atoms with Gasteiger partial charge in [-0.3, -0.25) is 4.79 Å². The van der Waals surface area contributed by atoms with Gasteiger partial charge in [0, 0.05) is 35.0 Å². The summed E-state index contributed by atoms with van der Waals surface area (Å²) in [6.07, 6.45) is 2.40. The predicted octanol–water partition coefficient (Wildman–Crippen LogP) is 5.74. The highest BCUT2D eigenvalue weighted by Gasteiger charge is 2.22. The second kappa shape index (κ2) is 9.34. The van der Waals surface area contributed by atoms with E-state index in [1.807, 2.05) is 53.4 Å². The van der Waals surface area contributed by atoms with Gasteiger partial charge in [-0.2, -0.15) is 5.26 Å². The molecular formula is C24H20ClN3OS. The van der Waals surface area contributed by atoms with Crippen LogP contribution in [0.2, 0.25) is 5.02 Å². The summed E-state index contributed by atoms with van der Waals surface area (Å²) in [5, 5.41) is 10.8. The number of nitrogens with zero attached hydrogens (tertiary/aromatic N) is 3. The maximum atomic E-state index is 12.8. The van der Waals surface area contributed by atoms with Gasteiger partial charge in [-0.1, -0.05) is 41.9 Å². The molecule has 6 heteroatoms. The van der Waals surface area contributed by atoms with Crippen molar-refractivity contribution in [2.45, 2.75) is 24.3 Å². The highest BCUT2D eigenvalue weighted by Crippen LogP contribution is 2.29. The number of aryl methyl sites for hydroxylation is 1. The first-order valence-corrected chi connectivity index (χ1v) is 11.2. The van der Waals surface area contributed by atoms with E-state index in [4.69, 9.17) is 11.6 Å². The summed E-state index contributed by atoms with van der Waals surface area (Å²) in [5.74, 6) is 0.686. The minimum absolute atomic E-state index is 0.113.